The maximum Gasteiger partial charge on any atom is 0.237 e. The Hall–Kier alpha value is -0.610. The van der Waals surface area contributed by atoms with E-state index in [9.17, 15) is 4.79 Å². The zero-order valence-corrected chi connectivity index (χ0v) is 11.6. The molecule has 0 saturated carbocycles. The van der Waals surface area contributed by atoms with Crippen LogP contribution in [0, 0.1) is 11.3 Å². The van der Waals surface area contributed by atoms with Gasteiger partial charge in [-0.25, -0.2) is 0 Å². The van der Waals surface area contributed by atoms with Gasteiger partial charge in [0.15, 0.2) is 0 Å². The van der Waals surface area contributed by atoms with Crippen LogP contribution in [0.4, 0.5) is 0 Å². The monoisotopic (exact) mass is 241 g/mol. The van der Waals surface area contributed by atoms with E-state index in [0.29, 0.717) is 0 Å². The van der Waals surface area contributed by atoms with Crippen molar-refractivity contribution >= 4 is 5.91 Å². The number of rotatable bonds is 4. The predicted molar refractivity (Wildman–Crippen MR) is 70.7 cm³/mol. The molecule has 0 aliphatic carbocycles. The van der Waals surface area contributed by atoms with Crippen LogP contribution in [-0.2, 0) is 4.79 Å². The number of hydrogen-bond donors (Lipinski definition) is 2. The van der Waals surface area contributed by atoms with Gasteiger partial charge >= 0.3 is 0 Å². The topological polar surface area (TPSA) is 58.4 Å². The molecule has 1 fully saturated rings. The molecule has 17 heavy (non-hydrogen) atoms. The van der Waals surface area contributed by atoms with E-state index < -0.39 is 0 Å². The van der Waals surface area contributed by atoms with Crippen molar-refractivity contribution in [2.75, 3.05) is 26.7 Å². The number of amides is 1. The number of nitrogens with two attached hydrogens (primary N) is 1. The molecule has 1 rings (SSSR count). The van der Waals surface area contributed by atoms with Gasteiger partial charge in [0.1, 0.15) is 0 Å². The first-order valence-electron chi connectivity index (χ1n) is 6.56. The summed E-state index contributed by atoms with van der Waals surface area (Å²) in [6.07, 6.45) is 2.28. The highest BCUT2D eigenvalue weighted by Gasteiger charge is 2.30. The van der Waals surface area contributed by atoms with E-state index in [1.54, 1.807) is 0 Å². The Morgan fingerprint density at radius 1 is 1.41 bits per heavy atom. The van der Waals surface area contributed by atoms with Gasteiger partial charge in [-0.2, -0.15) is 0 Å². The second-order valence-corrected chi connectivity index (χ2v) is 6.10. The van der Waals surface area contributed by atoms with Crippen molar-refractivity contribution in [1.82, 2.24) is 10.2 Å². The lowest BCUT2D eigenvalue weighted by molar-refractivity contribution is -0.123. The van der Waals surface area contributed by atoms with Gasteiger partial charge in [-0.05, 0) is 44.3 Å². The van der Waals surface area contributed by atoms with Crippen molar-refractivity contribution in [3.63, 3.8) is 0 Å². The molecule has 1 saturated heterocycles. The normalized spacial score (nSPS) is 22.5. The minimum Gasteiger partial charge on any atom is -0.354 e. The average molecular weight is 241 g/mol. The van der Waals surface area contributed by atoms with Crippen LogP contribution >= 0.6 is 0 Å². The second-order valence-electron chi connectivity index (χ2n) is 6.10. The lowest BCUT2D eigenvalue weighted by Gasteiger charge is -2.38. The zero-order valence-electron chi connectivity index (χ0n) is 11.6. The molecule has 0 aromatic rings. The van der Waals surface area contributed by atoms with Gasteiger partial charge < -0.3 is 16.0 Å². The quantitative estimate of drug-likeness (QED) is 0.766. The number of piperidine rings is 1. The highest BCUT2D eigenvalue weighted by atomic mass is 16.2. The molecule has 0 aromatic heterocycles. The first kappa shape index (κ1) is 14.5. The molecule has 4 heteroatoms. The van der Waals surface area contributed by atoms with Gasteiger partial charge in [0.05, 0.1) is 6.04 Å². The summed E-state index contributed by atoms with van der Waals surface area (Å²) in [6.45, 7) is 9.18. The van der Waals surface area contributed by atoms with Crippen LogP contribution in [0.1, 0.15) is 33.6 Å². The van der Waals surface area contributed by atoms with E-state index in [1.165, 1.54) is 0 Å². The fraction of sp³-hybridized carbons (Fsp3) is 0.923. The molecule has 0 spiro atoms. The number of hydrogen-bond acceptors (Lipinski definition) is 3. The molecule has 0 radical (unpaired) electrons. The average Bonchev–Trinajstić information content (AvgIpc) is 2.29. The minimum absolute atomic E-state index is 0.0137. The molecule has 3 N–H and O–H groups in total. The summed E-state index contributed by atoms with van der Waals surface area (Å²) >= 11 is 0. The van der Waals surface area contributed by atoms with E-state index in [0.717, 1.165) is 32.5 Å². The smallest absolute Gasteiger partial charge is 0.237 e. The summed E-state index contributed by atoms with van der Waals surface area (Å²) in [5.41, 5.74) is 6.06. The molecule has 1 aliphatic rings. The number of carbonyl (C=O) groups excluding carboxylic acids is 1. The molecule has 100 valence electrons. The van der Waals surface area contributed by atoms with Crippen LogP contribution in [0.2, 0.25) is 0 Å². The molecule has 1 amide bonds. The van der Waals surface area contributed by atoms with Gasteiger partial charge in [-0.1, -0.05) is 20.8 Å². The van der Waals surface area contributed by atoms with Crippen LogP contribution in [0.25, 0.3) is 0 Å². The lowest BCUT2D eigenvalue weighted by atomic mass is 9.80. The Morgan fingerprint density at radius 2 is 1.94 bits per heavy atom. The third-order valence-corrected chi connectivity index (χ3v) is 3.90. The first-order valence-corrected chi connectivity index (χ1v) is 6.56. The Bertz CT molecular complexity index is 257. The highest BCUT2D eigenvalue weighted by Crippen LogP contribution is 2.29. The molecule has 1 aliphatic heterocycles. The standard InChI is InChI=1S/C13H27N3O/c1-10(2)11(14)12(17)15-9-13(3)5-7-16(4)8-6-13/h10-11H,5-9,14H2,1-4H3,(H,15,17)/t11-/m1/s1. The van der Waals surface area contributed by atoms with Crippen LogP contribution < -0.4 is 11.1 Å². The van der Waals surface area contributed by atoms with Crippen LogP contribution in [0.15, 0.2) is 0 Å². The summed E-state index contributed by atoms with van der Waals surface area (Å²) in [4.78, 5) is 14.1. The number of carbonyl (C=O) groups is 1. The van der Waals surface area contributed by atoms with Crippen molar-refractivity contribution in [2.24, 2.45) is 17.1 Å². The third-order valence-electron chi connectivity index (χ3n) is 3.90. The van der Waals surface area contributed by atoms with Gasteiger partial charge in [-0.15, -0.1) is 0 Å². The van der Waals surface area contributed by atoms with Crippen molar-refractivity contribution in [2.45, 2.75) is 39.7 Å². The van der Waals surface area contributed by atoms with Crippen LogP contribution in [0.5, 0.6) is 0 Å². The minimum atomic E-state index is -0.384. The SMILES string of the molecule is CC(C)[C@@H](N)C(=O)NCC1(C)CCN(C)CC1. The molecular weight excluding hydrogens is 214 g/mol. The molecule has 0 unspecified atom stereocenters. The van der Waals surface area contributed by atoms with Gasteiger partial charge in [0.2, 0.25) is 5.91 Å². The molecule has 0 bridgehead atoms. The maximum atomic E-state index is 11.8. The third kappa shape index (κ3) is 4.28. The second kappa shape index (κ2) is 5.83. The molecule has 1 atom stereocenters. The predicted octanol–water partition coefficient (Wildman–Crippen LogP) is 0.818. The Balaban J connectivity index is 2.37. The van der Waals surface area contributed by atoms with Gasteiger partial charge in [0.25, 0.3) is 0 Å². The molecule has 0 aromatic carbocycles. The molecule has 4 nitrogen and oxygen atoms in total. The summed E-state index contributed by atoms with van der Waals surface area (Å²) < 4.78 is 0. The van der Waals surface area contributed by atoms with E-state index in [4.69, 9.17) is 5.73 Å². The fourth-order valence-corrected chi connectivity index (χ4v) is 2.06. The summed E-state index contributed by atoms with van der Waals surface area (Å²) in [7, 11) is 2.15. The lowest BCUT2D eigenvalue weighted by Crippen LogP contribution is -2.49. The number of likely N-dealkylation sites (tertiary alicyclic amines) is 1. The fourth-order valence-electron chi connectivity index (χ4n) is 2.06. The van der Waals surface area contributed by atoms with Crippen molar-refractivity contribution in [1.29, 1.82) is 0 Å². The van der Waals surface area contributed by atoms with Crippen molar-refractivity contribution in [3.05, 3.63) is 0 Å². The number of nitrogens with one attached hydrogen (secondary N) is 1. The van der Waals surface area contributed by atoms with Gasteiger partial charge in [-0.3, -0.25) is 4.79 Å². The van der Waals surface area contributed by atoms with E-state index >= 15 is 0 Å². The first-order chi connectivity index (χ1) is 7.84. The summed E-state index contributed by atoms with van der Waals surface area (Å²) in [5, 5.41) is 3.01. The zero-order chi connectivity index (χ0) is 13.1. The van der Waals surface area contributed by atoms with Crippen molar-refractivity contribution < 1.29 is 4.79 Å². The van der Waals surface area contributed by atoms with Crippen molar-refractivity contribution in [3.8, 4) is 0 Å². The van der Waals surface area contributed by atoms with E-state index in [-0.39, 0.29) is 23.3 Å². The van der Waals surface area contributed by atoms with Gasteiger partial charge in [0, 0.05) is 6.54 Å². The van der Waals surface area contributed by atoms with E-state index in [2.05, 4.69) is 24.2 Å². The highest BCUT2D eigenvalue weighted by molar-refractivity contribution is 5.81. The van der Waals surface area contributed by atoms with E-state index in [1.807, 2.05) is 13.8 Å². The summed E-state index contributed by atoms with van der Waals surface area (Å²) in [5.74, 6) is 0.181. The number of nitrogens with zero attached hydrogens (tertiary/aromatic N) is 1. The Morgan fingerprint density at radius 3 is 2.41 bits per heavy atom. The molecular formula is C13H27N3O. The Kier molecular flexibility index (Phi) is 4.95. The van der Waals surface area contributed by atoms with Crippen LogP contribution in [0.3, 0.4) is 0 Å². The summed E-state index contributed by atoms with van der Waals surface area (Å²) in [6, 6.07) is -0.384. The maximum absolute atomic E-state index is 11.8. The molecule has 1 heterocycles. The van der Waals surface area contributed by atoms with Crippen LogP contribution in [-0.4, -0.2) is 43.5 Å². The Labute approximate surface area is 105 Å². The largest absolute Gasteiger partial charge is 0.354 e.